The lowest BCUT2D eigenvalue weighted by Gasteiger charge is -2.25. The van der Waals surface area contributed by atoms with Crippen molar-refractivity contribution < 1.29 is 68.1 Å². The third-order valence-corrected chi connectivity index (χ3v) is 6.02. The van der Waals surface area contributed by atoms with Crippen LogP contribution in [-0.4, -0.2) is 94.2 Å². The Morgan fingerprint density at radius 1 is 0.951 bits per heavy atom. The number of hydrogen-bond acceptors (Lipinski definition) is 16. The lowest BCUT2D eigenvalue weighted by Crippen LogP contribution is -2.45. The summed E-state index contributed by atoms with van der Waals surface area (Å²) in [5, 5.41) is 49.2. The van der Waals surface area contributed by atoms with E-state index in [2.05, 4.69) is 19.2 Å². The normalized spacial score (nSPS) is 29.3. The fourth-order valence-corrected chi connectivity index (χ4v) is 4.11. The number of carbonyl (C=O) groups excluding carboxylic acids is 1. The number of halogens is 2. The summed E-state index contributed by atoms with van der Waals surface area (Å²) in [7, 11) is 0. The van der Waals surface area contributed by atoms with E-state index in [0.717, 1.165) is 0 Å². The van der Waals surface area contributed by atoms with Gasteiger partial charge in [-0.3, -0.25) is 33.9 Å². The van der Waals surface area contributed by atoms with E-state index in [9.17, 15) is 58.6 Å². The predicted octanol–water partition coefficient (Wildman–Crippen LogP) is -3.58. The van der Waals surface area contributed by atoms with Crippen molar-refractivity contribution in [2.45, 2.75) is 62.0 Å². The van der Waals surface area contributed by atoms with Gasteiger partial charge in [0.1, 0.15) is 18.4 Å². The van der Waals surface area contributed by atoms with Crippen LogP contribution in [0.25, 0.3) is 0 Å². The van der Waals surface area contributed by atoms with Crippen LogP contribution in [0.3, 0.4) is 0 Å². The maximum absolute atomic E-state index is 13.7. The second-order valence-corrected chi connectivity index (χ2v) is 8.55. The molecule has 5 unspecified atom stereocenters. The summed E-state index contributed by atoms with van der Waals surface area (Å²) in [5.74, 6) is -2.83. The first kappa shape index (κ1) is 30.1. The van der Waals surface area contributed by atoms with Crippen molar-refractivity contribution >= 4 is 6.16 Å². The first-order chi connectivity index (χ1) is 19.4. The van der Waals surface area contributed by atoms with Crippen molar-refractivity contribution in [2.75, 3.05) is 0 Å². The van der Waals surface area contributed by atoms with Gasteiger partial charge in [-0.05, 0) is 0 Å². The minimum atomic E-state index is -2.33. The molecule has 2 saturated heterocycles. The molecule has 0 saturated carbocycles. The van der Waals surface area contributed by atoms with Crippen molar-refractivity contribution in [1.82, 2.24) is 19.1 Å². The molecule has 41 heavy (non-hydrogen) atoms. The molecule has 2 aromatic rings. The Balaban J connectivity index is 1.43. The maximum Gasteiger partial charge on any atom is 0.513 e. The molecule has 20 nitrogen and oxygen atoms in total. The zero-order valence-corrected chi connectivity index (χ0v) is 19.9. The zero-order chi connectivity index (χ0) is 30.2. The summed E-state index contributed by atoms with van der Waals surface area (Å²) >= 11 is 0. The number of H-pyrrole nitrogens is 2. The topological polar surface area (TPSA) is 283 Å². The highest BCUT2D eigenvalue weighted by Gasteiger charge is 2.52. The second kappa shape index (κ2) is 11.9. The Hall–Kier alpha value is -3.87. The van der Waals surface area contributed by atoms with Crippen molar-refractivity contribution in [2.24, 2.45) is 0 Å². The van der Waals surface area contributed by atoms with Gasteiger partial charge in [0.2, 0.25) is 17.9 Å². The molecule has 0 radical (unpaired) electrons. The summed E-state index contributed by atoms with van der Waals surface area (Å²) in [6.07, 6.45) is -18.8. The fraction of sp³-hybridized carbons (Fsp3) is 0.526. The molecule has 4 heterocycles. The molecule has 0 aliphatic carbocycles. The molecule has 9 atom stereocenters. The molecule has 2 fully saturated rings. The van der Waals surface area contributed by atoms with Crippen molar-refractivity contribution in [1.29, 1.82) is 0 Å². The summed E-state index contributed by atoms with van der Waals surface area (Å²) in [6, 6.07) is 0. The van der Waals surface area contributed by atoms with E-state index >= 15 is 0 Å². The lowest BCUT2D eigenvalue weighted by atomic mass is 10.1. The molecule has 4 rings (SSSR count). The molecule has 2 aromatic heterocycles. The van der Waals surface area contributed by atoms with Crippen molar-refractivity contribution in [3.63, 3.8) is 0 Å². The van der Waals surface area contributed by atoms with Crippen LogP contribution in [-0.2, 0) is 28.7 Å². The molecule has 0 spiro atoms. The van der Waals surface area contributed by atoms with E-state index in [4.69, 9.17) is 9.47 Å². The molecule has 7 N–H and O–H groups in total. The Kier molecular flexibility index (Phi) is 8.76. The Morgan fingerprint density at radius 2 is 1.54 bits per heavy atom. The largest absolute Gasteiger partial charge is 0.513 e. The summed E-state index contributed by atoms with van der Waals surface area (Å²) in [4.78, 5) is 69.9. The maximum atomic E-state index is 13.7. The zero-order valence-electron chi connectivity index (χ0n) is 19.9. The number of aromatic nitrogens is 4. The average molecular weight is 598 g/mol. The quantitative estimate of drug-likeness (QED) is 0.0669. The smallest absolute Gasteiger partial charge is 0.401 e. The third-order valence-electron chi connectivity index (χ3n) is 6.02. The first-order valence-electron chi connectivity index (χ1n) is 11.2. The van der Waals surface area contributed by atoms with Gasteiger partial charge in [0.05, 0.1) is 18.5 Å². The standard InChI is InChI=1S/C19H20F2N4O16/c20-4-2-24(17(31)22-12(4)28)7-1-6(26)9(36-7)15(30)38-19(33)39-16(41-35)11-10(40-34)8(27)14(37-11)25-3-5(21)13(29)23-18(25)32/h2-3,6-11,14-16,26-27,30,34-35H,1H2,(H,22,28,31)(H,23,29,32)/t6?,7-,8?,9+,10?,11+,14-,15?,16?/m0/s1. The molecule has 0 aromatic carbocycles. The lowest BCUT2D eigenvalue weighted by molar-refractivity contribution is -0.379. The van der Waals surface area contributed by atoms with Crippen molar-refractivity contribution in [3.05, 3.63) is 65.7 Å². The SMILES string of the molecule is O=C(OC(O)[C@@H]1O[C@H](n2cc(F)c(=O)[nH]c2=O)CC1O)OC(OO)[C@@H]1O[C@H](n2cc(F)c(=O)[nH]c2=O)C(O)C1OO. The van der Waals surface area contributed by atoms with E-state index in [1.54, 1.807) is 9.97 Å². The Labute approximate surface area is 221 Å². The van der Waals surface area contributed by atoms with Crippen LogP contribution in [0.1, 0.15) is 18.9 Å². The molecule has 0 bridgehead atoms. The van der Waals surface area contributed by atoms with Gasteiger partial charge in [-0.25, -0.2) is 24.5 Å². The Morgan fingerprint density at radius 3 is 2.12 bits per heavy atom. The van der Waals surface area contributed by atoms with E-state index in [1.807, 2.05) is 0 Å². The van der Waals surface area contributed by atoms with E-state index < -0.39 is 102 Å². The van der Waals surface area contributed by atoms with Gasteiger partial charge >= 0.3 is 17.5 Å². The van der Waals surface area contributed by atoms with Gasteiger partial charge in [0, 0.05) is 6.42 Å². The highest BCUT2D eigenvalue weighted by atomic mass is 19.1. The second-order valence-electron chi connectivity index (χ2n) is 8.55. The minimum Gasteiger partial charge on any atom is -0.401 e. The van der Waals surface area contributed by atoms with Crippen molar-refractivity contribution in [3.8, 4) is 0 Å². The number of aliphatic hydroxyl groups excluding tert-OH is 3. The van der Waals surface area contributed by atoms with Gasteiger partial charge < -0.3 is 34.3 Å². The Bertz CT molecular complexity index is 1510. The van der Waals surface area contributed by atoms with Gasteiger partial charge in [-0.1, -0.05) is 0 Å². The van der Waals surface area contributed by atoms with Crippen LogP contribution < -0.4 is 22.5 Å². The predicted molar refractivity (Wildman–Crippen MR) is 116 cm³/mol. The number of hydrogen-bond donors (Lipinski definition) is 7. The van der Waals surface area contributed by atoms with Crippen LogP contribution in [0.4, 0.5) is 13.6 Å². The van der Waals surface area contributed by atoms with Crippen LogP contribution in [0.5, 0.6) is 0 Å². The summed E-state index contributed by atoms with van der Waals surface area (Å²) in [5.41, 5.74) is -5.10. The minimum absolute atomic E-state index is 0.346. The fourth-order valence-electron chi connectivity index (χ4n) is 4.11. The number of aliphatic hydroxyl groups is 3. The van der Waals surface area contributed by atoms with Gasteiger partial charge in [0.25, 0.3) is 17.4 Å². The van der Waals surface area contributed by atoms with Gasteiger partial charge in [-0.15, -0.1) is 0 Å². The molecule has 226 valence electrons. The molecule has 2 aliphatic rings. The molecule has 2 aliphatic heterocycles. The number of nitrogens with zero attached hydrogens (tertiary/aromatic N) is 2. The van der Waals surface area contributed by atoms with Gasteiger partial charge in [0.15, 0.2) is 18.4 Å². The number of aromatic amines is 2. The van der Waals surface area contributed by atoms with E-state index in [1.165, 1.54) is 0 Å². The van der Waals surface area contributed by atoms with Gasteiger partial charge in [-0.2, -0.15) is 13.7 Å². The number of rotatable bonds is 8. The van der Waals surface area contributed by atoms with Crippen LogP contribution in [0.15, 0.2) is 31.6 Å². The highest BCUT2D eigenvalue weighted by Crippen LogP contribution is 2.34. The number of ether oxygens (including phenoxy) is 4. The first-order valence-corrected chi connectivity index (χ1v) is 11.2. The highest BCUT2D eigenvalue weighted by molar-refractivity contribution is 5.60. The summed E-state index contributed by atoms with van der Waals surface area (Å²) in [6.45, 7) is 0. The molecule has 0 amide bonds. The molecular weight excluding hydrogens is 578 g/mol. The number of carbonyl (C=O) groups is 1. The van der Waals surface area contributed by atoms with E-state index in [-0.39, 0.29) is 0 Å². The summed E-state index contributed by atoms with van der Waals surface area (Å²) < 4.78 is 47.8. The third kappa shape index (κ3) is 5.95. The number of nitrogens with one attached hydrogen (secondary N) is 2. The average Bonchev–Trinajstić information content (AvgIpc) is 3.46. The van der Waals surface area contributed by atoms with Crippen LogP contribution in [0, 0.1) is 11.6 Å². The monoisotopic (exact) mass is 598 g/mol. The van der Waals surface area contributed by atoms with E-state index in [0.29, 0.717) is 21.5 Å². The molecule has 22 heteroatoms. The molecular formula is C19H20F2N4O16. The van der Waals surface area contributed by atoms with Crippen LogP contribution in [0.2, 0.25) is 0 Å². The van der Waals surface area contributed by atoms with Crippen LogP contribution >= 0.6 is 0 Å².